The number of nitriles is 1. The smallest absolute Gasteiger partial charge is 0.256 e. The second kappa shape index (κ2) is 6.41. The second-order valence-electron chi connectivity index (χ2n) is 5.49. The standard InChI is InChI=1S/C17H17N3O2S/c1-20-8-7-13-14(9-18)17(23-15(13)10-20)19-16(21)11-3-5-12(22-2)6-4-11/h3-6H,7-8,10H2,1-2H3,(H,19,21). The van der Waals surface area contributed by atoms with Gasteiger partial charge in [-0.05, 0) is 43.3 Å². The van der Waals surface area contributed by atoms with Gasteiger partial charge in [-0.25, -0.2) is 0 Å². The van der Waals surface area contributed by atoms with Gasteiger partial charge in [0.15, 0.2) is 0 Å². The molecule has 0 saturated heterocycles. The highest BCUT2D eigenvalue weighted by Crippen LogP contribution is 2.36. The van der Waals surface area contributed by atoms with Crippen molar-refractivity contribution in [2.24, 2.45) is 0 Å². The SMILES string of the molecule is COc1ccc(C(=O)Nc2sc3c(c2C#N)CCN(C)C3)cc1. The lowest BCUT2D eigenvalue weighted by molar-refractivity contribution is 0.102. The summed E-state index contributed by atoms with van der Waals surface area (Å²) in [5.74, 6) is 0.491. The maximum Gasteiger partial charge on any atom is 0.256 e. The molecule has 0 fully saturated rings. The van der Waals surface area contributed by atoms with E-state index < -0.39 is 0 Å². The number of methoxy groups -OCH3 is 1. The van der Waals surface area contributed by atoms with Crippen LogP contribution in [0.1, 0.15) is 26.4 Å². The quantitative estimate of drug-likeness (QED) is 0.941. The summed E-state index contributed by atoms with van der Waals surface area (Å²) in [4.78, 5) is 15.8. The molecule has 5 nitrogen and oxygen atoms in total. The number of carbonyl (C=O) groups is 1. The molecular weight excluding hydrogens is 310 g/mol. The van der Waals surface area contributed by atoms with Gasteiger partial charge in [-0.2, -0.15) is 5.26 Å². The van der Waals surface area contributed by atoms with E-state index in [1.807, 2.05) is 0 Å². The van der Waals surface area contributed by atoms with Gasteiger partial charge in [-0.1, -0.05) is 0 Å². The van der Waals surface area contributed by atoms with Crippen LogP contribution in [0.5, 0.6) is 5.75 Å². The van der Waals surface area contributed by atoms with Crippen LogP contribution < -0.4 is 10.1 Å². The van der Waals surface area contributed by atoms with Crippen LogP contribution in [0.25, 0.3) is 0 Å². The zero-order valence-electron chi connectivity index (χ0n) is 13.0. The molecule has 23 heavy (non-hydrogen) atoms. The highest BCUT2D eigenvalue weighted by molar-refractivity contribution is 7.16. The van der Waals surface area contributed by atoms with E-state index in [0.717, 1.165) is 25.1 Å². The number of fused-ring (bicyclic) bond motifs is 1. The summed E-state index contributed by atoms with van der Waals surface area (Å²) in [6.07, 6.45) is 0.851. The number of benzene rings is 1. The molecule has 0 aliphatic carbocycles. The molecule has 0 bridgehead atoms. The van der Waals surface area contributed by atoms with Crippen LogP contribution in [0.4, 0.5) is 5.00 Å². The van der Waals surface area contributed by atoms with E-state index in [0.29, 0.717) is 21.9 Å². The molecule has 1 aliphatic rings. The van der Waals surface area contributed by atoms with Gasteiger partial charge in [-0.3, -0.25) is 4.79 Å². The Morgan fingerprint density at radius 1 is 1.39 bits per heavy atom. The molecule has 0 spiro atoms. The maximum atomic E-state index is 12.4. The minimum Gasteiger partial charge on any atom is -0.497 e. The fraction of sp³-hybridized carbons (Fsp3) is 0.294. The molecule has 0 saturated carbocycles. The van der Waals surface area contributed by atoms with Crippen LogP contribution in [-0.2, 0) is 13.0 Å². The fourth-order valence-corrected chi connectivity index (χ4v) is 3.93. The van der Waals surface area contributed by atoms with Gasteiger partial charge in [0, 0.05) is 23.5 Å². The molecule has 0 unspecified atom stereocenters. The zero-order valence-corrected chi connectivity index (χ0v) is 13.9. The van der Waals surface area contributed by atoms with Crippen LogP contribution in [0.3, 0.4) is 0 Å². The van der Waals surface area contributed by atoms with Crippen molar-refractivity contribution in [3.05, 3.63) is 45.8 Å². The third kappa shape index (κ3) is 3.07. The molecule has 1 aromatic carbocycles. The summed E-state index contributed by atoms with van der Waals surface area (Å²) >= 11 is 1.50. The molecule has 2 aromatic rings. The minimum atomic E-state index is -0.212. The Labute approximate surface area is 139 Å². The lowest BCUT2D eigenvalue weighted by Crippen LogP contribution is -2.25. The minimum absolute atomic E-state index is 0.212. The zero-order chi connectivity index (χ0) is 16.4. The van der Waals surface area contributed by atoms with Gasteiger partial charge in [0.25, 0.3) is 5.91 Å². The van der Waals surface area contributed by atoms with Crippen molar-refractivity contribution < 1.29 is 9.53 Å². The van der Waals surface area contributed by atoms with Gasteiger partial charge >= 0.3 is 0 Å². The van der Waals surface area contributed by atoms with E-state index in [-0.39, 0.29) is 5.91 Å². The molecule has 0 atom stereocenters. The number of hydrogen-bond donors (Lipinski definition) is 1. The summed E-state index contributed by atoms with van der Waals surface area (Å²) in [5, 5.41) is 13.0. The van der Waals surface area contributed by atoms with Gasteiger partial charge in [-0.15, -0.1) is 11.3 Å². The van der Waals surface area contributed by atoms with Gasteiger partial charge in [0.05, 0.1) is 12.7 Å². The predicted octanol–water partition coefficient (Wildman–Crippen LogP) is 2.87. The van der Waals surface area contributed by atoms with Crippen molar-refractivity contribution in [1.82, 2.24) is 4.90 Å². The average Bonchev–Trinajstić information content (AvgIpc) is 2.90. The topological polar surface area (TPSA) is 65.4 Å². The molecule has 2 heterocycles. The first kappa shape index (κ1) is 15.5. The third-order valence-corrected chi connectivity index (χ3v) is 5.07. The van der Waals surface area contributed by atoms with E-state index in [1.165, 1.54) is 16.2 Å². The van der Waals surface area contributed by atoms with E-state index >= 15 is 0 Å². The first-order valence-electron chi connectivity index (χ1n) is 7.31. The van der Waals surface area contributed by atoms with Crippen LogP contribution in [-0.4, -0.2) is 31.5 Å². The number of amides is 1. The first-order valence-corrected chi connectivity index (χ1v) is 8.12. The highest BCUT2D eigenvalue weighted by atomic mass is 32.1. The maximum absolute atomic E-state index is 12.4. The van der Waals surface area contributed by atoms with Crippen molar-refractivity contribution >= 4 is 22.2 Å². The first-order chi connectivity index (χ1) is 11.1. The average molecular weight is 327 g/mol. The molecule has 1 aliphatic heterocycles. The molecule has 1 aromatic heterocycles. The number of carbonyl (C=O) groups excluding carboxylic acids is 1. The summed E-state index contributed by atoms with van der Waals surface area (Å²) in [7, 11) is 3.64. The predicted molar refractivity (Wildman–Crippen MR) is 90.0 cm³/mol. The summed E-state index contributed by atoms with van der Waals surface area (Å²) in [6.45, 7) is 1.76. The summed E-state index contributed by atoms with van der Waals surface area (Å²) in [6, 6.07) is 9.16. The van der Waals surface area contributed by atoms with Crippen LogP contribution >= 0.6 is 11.3 Å². The Morgan fingerprint density at radius 2 is 2.13 bits per heavy atom. The highest BCUT2D eigenvalue weighted by Gasteiger charge is 2.24. The number of rotatable bonds is 3. The van der Waals surface area contributed by atoms with Crippen LogP contribution in [0, 0.1) is 11.3 Å². The molecule has 3 rings (SSSR count). The van der Waals surface area contributed by atoms with E-state index in [4.69, 9.17) is 4.74 Å². The Balaban J connectivity index is 1.85. The Bertz CT molecular complexity index is 774. The van der Waals surface area contributed by atoms with E-state index in [2.05, 4.69) is 23.3 Å². The van der Waals surface area contributed by atoms with E-state index in [1.54, 1.807) is 31.4 Å². The number of hydrogen-bond acceptors (Lipinski definition) is 5. The Kier molecular flexibility index (Phi) is 4.33. The number of nitrogens with one attached hydrogen (secondary N) is 1. The number of thiophene rings is 1. The van der Waals surface area contributed by atoms with Gasteiger partial charge in [0.2, 0.25) is 0 Å². The van der Waals surface area contributed by atoms with Gasteiger partial charge < -0.3 is 15.0 Å². The summed E-state index contributed by atoms with van der Waals surface area (Å²) in [5.41, 5.74) is 2.23. The lowest BCUT2D eigenvalue weighted by atomic mass is 10.0. The second-order valence-corrected chi connectivity index (χ2v) is 6.60. The molecular formula is C17H17N3O2S. The monoisotopic (exact) mass is 327 g/mol. The van der Waals surface area contributed by atoms with Crippen molar-refractivity contribution in [2.75, 3.05) is 26.0 Å². The molecule has 1 N–H and O–H groups in total. The molecule has 118 valence electrons. The van der Waals surface area contributed by atoms with Crippen molar-refractivity contribution in [2.45, 2.75) is 13.0 Å². The Morgan fingerprint density at radius 3 is 2.78 bits per heavy atom. The van der Waals surface area contributed by atoms with Crippen molar-refractivity contribution in [3.63, 3.8) is 0 Å². The molecule has 0 radical (unpaired) electrons. The molecule has 1 amide bonds. The summed E-state index contributed by atoms with van der Waals surface area (Å²) < 4.78 is 5.09. The number of ether oxygens (including phenoxy) is 1. The largest absolute Gasteiger partial charge is 0.497 e. The molecule has 6 heteroatoms. The number of anilines is 1. The van der Waals surface area contributed by atoms with Gasteiger partial charge in [0.1, 0.15) is 16.8 Å². The third-order valence-electron chi connectivity index (χ3n) is 3.94. The van der Waals surface area contributed by atoms with Crippen molar-refractivity contribution in [1.29, 1.82) is 5.26 Å². The van der Waals surface area contributed by atoms with Crippen LogP contribution in [0.2, 0.25) is 0 Å². The normalized spacial score (nSPS) is 14.0. The number of nitrogens with zero attached hydrogens (tertiary/aromatic N) is 2. The van der Waals surface area contributed by atoms with E-state index in [9.17, 15) is 10.1 Å². The lowest BCUT2D eigenvalue weighted by Gasteiger charge is -2.21. The fourth-order valence-electron chi connectivity index (χ4n) is 2.66. The van der Waals surface area contributed by atoms with Crippen LogP contribution in [0.15, 0.2) is 24.3 Å². The Hall–Kier alpha value is -2.36. The number of likely N-dealkylation sites (N-methyl/N-ethyl adjacent to an activating group) is 1. The van der Waals surface area contributed by atoms with Crippen molar-refractivity contribution in [3.8, 4) is 11.8 Å².